The molecule has 1 saturated heterocycles. The second kappa shape index (κ2) is 6.92. The first-order chi connectivity index (χ1) is 9.23. The fraction of sp³-hybridized carbons (Fsp3) is 0.857. The number of amides is 1. The van der Waals surface area contributed by atoms with Gasteiger partial charge >= 0.3 is 12.1 Å². The lowest BCUT2D eigenvalue weighted by molar-refractivity contribution is -0.138. The number of likely N-dealkylation sites (N-methyl/N-ethyl adjacent to an activating group) is 1. The van der Waals surface area contributed by atoms with E-state index in [0.717, 1.165) is 19.4 Å². The fourth-order valence-electron chi connectivity index (χ4n) is 2.40. The summed E-state index contributed by atoms with van der Waals surface area (Å²) < 4.78 is 5.37. The number of carbonyl (C=O) groups excluding carboxylic acids is 1. The Morgan fingerprint density at radius 2 is 2.05 bits per heavy atom. The molecule has 0 radical (unpaired) electrons. The van der Waals surface area contributed by atoms with E-state index in [-0.39, 0.29) is 18.7 Å². The number of nitrogens with zero attached hydrogens (tertiary/aromatic N) is 2. The standard InChI is InChI=1S/C14H26N2O4/c1-5-15(13(19)20-14(2,3)4)9-11-7-6-8-16(11)10-12(17)18/h11H,5-10H2,1-4H3,(H,17,18)/t11-/m1/s1. The van der Waals surface area contributed by atoms with Crippen molar-refractivity contribution >= 4 is 12.1 Å². The van der Waals surface area contributed by atoms with Gasteiger partial charge in [-0.25, -0.2) is 4.79 Å². The van der Waals surface area contributed by atoms with Crippen LogP contribution in [0, 0.1) is 0 Å². The first kappa shape index (κ1) is 16.8. The van der Waals surface area contributed by atoms with Crippen LogP contribution in [0.25, 0.3) is 0 Å². The molecule has 0 aromatic heterocycles. The number of likely N-dealkylation sites (tertiary alicyclic amines) is 1. The van der Waals surface area contributed by atoms with Gasteiger partial charge in [0, 0.05) is 19.1 Å². The predicted molar refractivity (Wildman–Crippen MR) is 75.7 cm³/mol. The molecule has 116 valence electrons. The van der Waals surface area contributed by atoms with Gasteiger partial charge in [0.25, 0.3) is 0 Å². The van der Waals surface area contributed by atoms with Crippen molar-refractivity contribution in [2.75, 3.05) is 26.2 Å². The van der Waals surface area contributed by atoms with E-state index in [1.54, 1.807) is 4.90 Å². The third-order valence-corrected chi connectivity index (χ3v) is 3.30. The van der Waals surface area contributed by atoms with Crippen LogP contribution in [-0.2, 0) is 9.53 Å². The van der Waals surface area contributed by atoms with E-state index in [1.807, 2.05) is 32.6 Å². The summed E-state index contributed by atoms with van der Waals surface area (Å²) in [7, 11) is 0. The Kier molecular flexibility index (Phi) is 5.80. The summed E-state index contributed by atoms with van der Waals surface area (Å²) in [5.74, 6) is -0.822. The minimum atomic E-state index is -0.822. The van der Waals surface area contributed by atoms with Crippen LogP contribution in [0.2, 0.25) is 0 Å². The minimum absolute atomic E-state index is 0.0382. The van der Waals surface area contributed by atoms with Crippen molar-refractivity contribution in [1.29, 1.82) is 0 Å². The smallest absolute Gasteiger partial charge is 0.410 e. The SMILES string of the molecule is CCN(C[C@H]1CCCN1CC(=O)O)C(=O)OC(C)(C)C. The van der Waals surface area contributed by atoms with Crippen LogP contribution in [0.1, 0.15) is 40.5 Å². The molecule has 20 heavy (non-hydrogen) atoms. The molecule has 1 heterocycles. The molecule has 1 aliphatic heterocycles. The number of rotatable bonds is 5. The second-order valence-corrected chi connectivity index (χ2v) is 6.18. The van der Waals surface area contributed by atoms with Gasteiger partial charge in [-0.1, -0.05) is 0 Å². The number of carboxylic acid groups (broad SMARTS) is 1. The van der Waals surface area contributed by atoms with Crippen LogP contribution >= 0.6 is 0 Å². The third-order valence-electron chi connectivity index (χ3n) is 3.30. The molecule has 1 atom stereocenters. The van der Waals surface area contributed by atoms with E-state index >= 15 is 0 Å². The maximum Gasteiger partial charge on any atom is 0.410 e. The summed E-state index contributed by atoms with van der Waals surface area (Å²) in [6.07, 6.45) is 1.57. The summed E-state index contributed by atoms with van der Waals surface area (Å²) in [5, 5.41) is 8.90. The quantitative estimate of drug-likeness (QED) is 0.834. The van der Waals surface area contributed by atoms with Gasteiger partial charge in [0.15, 0.2) is 0 Å². The maximum absolute atomic E-state index is 12.1. The molecule has 6 heteroatoms. The van der Waals surface area contributed by atoms with Gasteiger partial charge in [-0.3, -0.25) is 9.69 Å². The van der Waals surface area contributed by atoms with Crippen LogP contribution in [0.4, 0.5) is 4.79 Å². The van der Waals surface area contributed by atoms with E-state index in [9.17, 15) is 9.59 Å². The van der Waals surface area contributed by atoms with Crippen molar-refractivity contribution in [1.82, 2.24) is 9.80 Å². The first-order valence-electron chi connectivity index (χ1n) is 7.16. The molecule has 0 saturated carbocycles. The van der Waals surface area contributed by atoms with Gasteiger partial charge in [0.1, 0.15) is 5.60 Å². The summed E-state index contributed by atoms with van der Waals surface area (Å²) in [6, 6.07) is 0.110. The number of ether oxygens (including phenoxy) is 1. The molecule has 1 amide bonds. The largest absolute Gasteiger partial charge is 0.480 e. The van der Waals surface area contributed by atoms with Gasteiger partial charge in [-0.2, -0.15) is 0 Å². The van der Waals surface area contributed by atoms with E-state index in [4.69, 9.17) is 9.84 Å². The lowest BCUT2D eigenvalue weighted by Crippen LogP contribution is -2.46. The summed E-state index contributed by atoms with van der Waals surface area (Å²) in [5.41, 5.74) is -0.513. The average molecular weight is 286 g/mol. The highest BCUT2D eigenvalue weighted by molar-refractivity contribution is 5.69. The van der Waals surface area contributed by atoms with E-state index < -0.39 is 11.6 Å². The Morgan fingerprint density at radius 1 is 1.40 bits per heavy atom. The molecule has 0 aliphatic carbocycles. The Balaban J connectivity index is 2.58. The molecule has 1 aliphatic rings. The van der Waals surface area contributed by atoms with Gasteiger partial charge in [0.05, 0.1) is 6.54 Å². The number of hydrogen-bond acceptors (Lipinski definition) is 4. The Labute approximate surface area is 120 Å². The molecule has 0 aromatic rings. The molecule has 0 aromatic carbocycles. The first-order valence-corrected chi connectivity index (χ1v) is 7.16. The summed E-state index contributed by atoms with van der Waals surface area (Å²) in [6.45, 7) is 9.33. The maximum atomic E-state index is 12.1. The molecule has 0 bridgehead atoms. The molecule has 6 nitrogen and oxygen atoms in total. The average Bonchev–Trinajstić information content (AvgIpc) is 2.69. The molecule has 1 rings (SSSR count). The highest BCUT2D eigenvalue weighted by Crippen LogP contribution is 2.19. The van der Waals surface area contributed by atoms with Gasteiger partial charge in [-0.05, 0) is 47.1 Å². The zero-order valence-electron chi connectivity index (χ0n) is 12.9. The van der Waals surface area contributed by atoms with Crippen LogP contribution < -0.4 is 0 Å². The van der Waals surface area contributed by atoms with Crippen molar-refractivity contribution in [3.05, 3.63) is 0 Å². The van der Waals surface area contributed by atoms with E-state index in [2.05, 4.69) is 0 Å². The number of aliphatic carboxylic acids is 1. The Morgan fingerprint density at radius 3 is 2.55 bits per heavy atom. The fourth-order valence-corrected chi connectivity index (χ4v) is 2.40. The molecule has 1 fully saturated rings. The van der Waals surface area contributed by atoms with Crippen molar-refractivity contribution in [2.24, 2.45) is 0 Å². The molecule has 0 unspecified atom stereocenters. The van der Waals surface area contributed by atoms with Gasteiger partial charge in [-0.15, -0.1) is 0 Å². The summed E-state index contributed by atoms with van der Waals surface area (Å²) >= 11 is 0. The minimum Gasteiger partial charge on any atom is -0.480 e. The van der Waals surface area contributed by atoms with Crippen LogP contribution in [0.5, 0.6) is 0 Å². The summed E-state index contributed by atoms with van der Waals surface area (Å²) in [4.78, 5) is 26.5. The number of hydrogen-bond donors (Lipinski definition) is 1. The zero-order chi connectivity index (χ0) is 15.3. The zero-order valence-corrected chi connectivity index (χ0v) is 12.9. The normalized spacial score (nSPS) is 19.9. The molecule has 0 spiro atoms. The second-order valence-electron chi connectivity index (χ2n) is 6.18. The predicted octanol–water partition coefficient (Wildman–Crippen LogP) is 1.79. The van der Waals surface area contributed by atoms with Crippen LogP contribution in [0.3, 0.4) is 0 Å². The molecule has 1 N–H and O–H groups in total. The molecular weight excluding hydrogens is 260 g/mol. The van der Waals surface area contributed by atoms with Crippen LogP contribution in [-0.4, -0.2) is 64.8 Å². The lowest BCUT2D eigenvalue weighted by Gasteiger charge is -2.31. The monoisotopic (exact) mass is 286 g/mol. The topological polar surface area (TPSA) is 70.1 Å². The molecular formula is C14H26N2O4. The number of carboxylic acids is 1. The highest BCUT2D eigenvalue weighted by atomic mass is 16.6. The highest BCUT2D eigenvalue weighted by Gasteiger charge is 2.30. The van der Waals surface area contributed by atoms with E-state index in [0.29, 0.717) is 13.1 Å². The van der Waals surface area contributed by atoms with Crippen molar-refractivity contribution in [3.63, 3.8) is 0 Å². The van der Waals surface area contributed by atoms with Gasteiger partial charge < -0.3 is 14.7 Å². The van der Waals surface area contributed by atoms with Crippen molar-refractivity contribution in [3.8, 4) is 0 Å². The van der Waals surface area contributed by atoms with Crippen molar-refractivity contribution < 1.29 is 19.4 Å². The lowest BCUT2D eigenvalue weighted by atomic mass is 10.2. The number of carbonyl (C=O) groups is 2. The third kappa shape index (κ3) is 5.36. The van der Waals surface area contributed by atoms with Crippen molar-refractivity contribution in [2.45, 2.75) is 52.2 Å². The van der Waals surface area contributed by atoms with Crippen LogP contribution in [0.15, 0.2) is 0 Å². The Hall–Kier alpha value is -1.30. The van der Waals surface area contributed by atoms with Gasteiger partial charge in [0.2, 0.25) is 0 Å². The van der Waals surface area contributed by atoms with E-state index in [1.165, 1.54) is 0 Å². The Bertz CT molecular complexity index is 352.